The zero-order valence-corrected chi connectivity index (χ0v) is 17.4. The van der Waals surface area contributed by atoms with Gasteiger partial charge < -0.3 is 10.2 Å². The molecule has 3 heterocycles. The van der Waals surface area contributed by atoms with E-state index in [2.05, 4.69) is 20.3 Å². The summed E-state index contributed by atoms with van der Waals surface area (Å²) in [6.07, 6.45) is 4.20. The number of hydrogen-bond donors (Lipinski definition) is 1. The summed E-state index contributed by atoms with van der Waals surface area (Å²) in [5.74, 6) is -1.09. The summed E-state index contributed by atoms with van der Waals surface area (Å²) in [4.78, 5) is 27.6. The van der Waals surface area contributed by atoms with Crippen molar-refractivity contribution in [2.24, 2.45) is 0 Å². The number of hydrogen-bond acceptors (Lipinski definition) is 5. The summed E-state index contributed by atoms with van der Waals surface area (Å²) in [7, 11) is 0. The summed E-state index contributed by atoms with van der Waals surface area (Å²) in [5, 5.41) is 2.71. The van der Waals surface area contributed by atoms with E-state index in [9.17, 15) is 18.0 Å². The van der Waals surface area contributed by atoms with Gasteiger partial charge in [-0.25, -0.2) is 32.5 Å². The van der Waals surface area contributed by atoms with E-state index in [1.54, 1.807) is 17.0 Å². The summed E-state index contributed by atoms with van der Waals surface area (Å²) < 4.78 is 42.8. The molecule has 0 spiro atoms. The third-order valence-corrected chi connectivity index (χ3v) is 5.66. The molecule has 1 fully saturated rings. The molecule has 0 bridgehead atoms. The van der Waals surface area contributed by atoms with Crippen LogP contribution >= 0.6 is 0 Å². The maximum atomic E-state index is 14.4. The molecule has 1 aliphatic rings. The van der Waals surface area contributed by atoms with Gasteiger partial charge >= 0.3 is 6.03 Å². The van der Waals surface area contributed by atoms with Crippen LogP contribution in [0.4, 0.5) is 23.9 Å². The number of carbonyl (C=O) groups excluding carboxylic acids is 1. The first-order chi connectivity index (χ1) is 16.0. The van der Waals surface area contributed by atoms with Gasteiger partial charge in [0.1, 0.15) is 29.3 Å². The Hall–Kier alpha value is -3.95. The van der Waals surface area contributed by atoms with Gasteiger partial charge in [-0.1, -0.05) is 12.1 Å². The van der Waals surface area contributed by atoms with Crippen LogP contribution in [0, 0.1) is 17.5 Å². The second-order valence-corrected chi connectivity index (χ2v) is 7.80. The van der Waals surface area contributed by atoms with E-state index in [4.69, 9.17) is 0 Å². The number of rotatable bonds is 4. The van der Waals surface area contributed by atoms with Crippen molar-refractivity contribution in [1.29, 1.82) is 0 Å². The predicted octanol–water partition coefficient (Wildman–Crippen LogP) is 4.34. The average molecular weight is 452 g/mol. The molecule has 168 valence electrons. The Balaban J connectivity index is 1.42. The van der Waals surface area contributed by atoms with Crippen LogP contribution in [0.2, 0.25) is 0 Å². The molecule has 7 nitrogen and oxygen atoms in total. The first kappa shape index (κ1) is 20.9. The van der Waals surface area contributed by atoms with E-state index in [-0.39, 0.29) is 23.6 Å². The van der Waals surface area contributed by atoms with Gasteiger partial charge in [-0.2, -0.15) is 4.98 Å². The summed E-state index contributed by atoms with van der Waals surface area (Å²) in [6, 6.07) is 8.43. The van der Waals surface area contributed by atoms with Crippen molar-refractivity contribution in [3.05, 3.63) is 83.6 Å². The Morgan fingerprint density at radius 1 is 1.09 bits per heavy atom. The number of amides is 1. The highest BCUT2D eigenvalue weighted by atomic mass is 19.1. The van der Waals surface area contributed by atoms with Crippen LogP contribution in [0.3, 0.4) is 0 Å². The van der Waals surface area contributed by atoms with Crippen molar-refractivity contribution in [1.82, 2.24) is 24.8 Å². The molecule has 4 aromatic rings. The molecular weight excluding hydrogens is 433 g/mol. The molecule has 0 saturated carbocycles. The third-order valence-electron chi connectivity index (χ3n) is 5.66. The number of aromatic nitrogens is 4. The molecule has 1 aliphatic heterocycles. The SMILES string of the molecule is O=C(NCc1cccc(F)c1)n1cnc2cnc(N3CCCC3c3cc(F)ccc3F)nc21. The summed E-state index contributed by atoms with van der Waals surface area (Å²) >= 11 is 0. The zero-order chi connectivity index (χ0) is 22.9. The molecule has 33 heavy (non-hydrogen) atoms. The molecule has 0 radical (unpaired) electrons. The minimum absolute atomic E-state index is 0.126. The molecule has 10 heteroatoms. The van der Waals surface area contributed by atoms with E-state index >= 15 is 0 Å². The quantitative estimate of drug-likeness (QED) is 0.499. The Morgan fingerprint density at radius 2 is 1.94 bits per heavy atom. The van der Waals surface area contributed by atoms with Crippen LogP contribution in [-0.4, -0.2) is 32.1 Å². The van der Waals surface area contributed by atoms with Crippen molar-refractivity contribution in [2.75, 3.05) is 11.4 Å². The maximum absolute atomic E-state index is 14.4. The molecular formula is C23H19F3N6O. The molecule has 1 atom stereocenters. The fourth-order valence-corrected chi connectivity index (χ4v) is 4.10. The topological polar surface area (TPSA) is 75.9 Å². The van der Waals surface area contributed by atoms with Crippen LogP contribution in [-0.2, 0) is 6.54 Å². The molecule has 1 saturated heterocycles. The zero-order valence-electron chi connectivity index (χ0n) is 17.4. The molecule has 2 aromatic heterocycles. The van der Waals surface area contributed by atoms with E-state index in [1.807, 2.05) is 0 Å². The second-order valence-electron chi connectivity index (χ2n) is 7.80. The fourth-order valence-electron chi connectivity index (χ4n) is 4.10. The van der Waals surface area contributed by atoms with Gasteiger partial charge in [0.25, 0.3) is 0 Å². The number of anilines is 1. The lowest BCUT2D eigenvalue weighted by atomic mass is 10.0. The Kier molecular flexibility index (Phi) is 5.41. The van der Waals surface area contributed by atoms with Gasteiger partial charge in [-0.05, 0) is 48.7 Å². The van der Waals surface area contributed by atoms with Gasteiger partial charge in [0.15, 0.2) is 5.65 Å². The van der Waals surface area contributed by atoms with Crippen molar-refractivity contribution < 1.29 is 18.0 Å². The Labute approximate surface area is 186 Å². The number of halogens is 3. The molecule has 5 rings (SSSR count). The minimum atomic E-state index is -0.511. The average Bonchev–Trinajstić information content (AvgIpc) is 3.46. The van der Waals surface area contributed by atoms with Crippen LogP contribution in [0.25, 0.3) is 11.2 Å². The molecule has 2 aromatic carbocycles. The smallest absolute Gasteiger partial charge is 0.328 e. The normalized spacial score (nSPS) is 15.8. The number of fused-ring (bicyclic) bond motifs is 1. The molecule has 0 aliphatic carbocycles. The van der Waals surface area contributed by atoms with Crippen LogP contribution in [0.15, 0.2) is 55.0 Å². The molecule has 1 N–H and O–H groups in total. The van der Waals surface area contributed by atoms with Gasteiger partial charge in [0.05, 0.1) is 12.2 Å². The number of benzene rings is 2. The van der Waals surface area contributed by atoms with Crippen LogP contribution in [0.5, 0.6) is 0 Å². The second kappa shape index (κ2) is 8.53. The fraction of sp³-hybridized carbons (Fsp3) is 0.217. The minimum Gasteiger partial charge on any atom is -0.334 e. The van der Waals surface area contributed by atoms with Gasteiger partial charge in [0.2, 0.25) is 5.95 Å². The summed E-state index contributed by atoms with van der Waals surface area (Å²) in [6.45, 7) is 0.688. The predicted molar refractivity (Wildman–Crippen MR) is 115 cm³/mol. The lowest BCUT2D eigenvalue weighted by Gasteiger charge is -2.25. The van der Waals surface area contributed by atoms with Crippen LogP contribution < -0.4 is 10.2 Å². The standard InChI is InChI=1S/C23H19F3N6O/c24-15-4-1-3-14(9-15)11-28-23(33)32-13-29-19-12-27-22(30-21(19)32)31-8-2-5-20(31)17-10-16(25)6-7-18(17)26/h1,3-4,6-7,9-10,12-13,20H,2,5,8,11H2,(H,28,33). The maximum Gasteiger partial charge on any atom is 0.328 e. The van der Waals surface area contributed by atoms with Crippen molar-refractivity contribution >= 4 is 23.1 Å². The highest BCUT2D eigenvalue weighted by Crippen LogP contribution is 2.36. The third kappa shape index (κ3) is 4.11. The lowest BCUT2D eigenvalue weighted by Crippen LogP contribution is -2.28. The highest BCUT2D eigenvalue weighted by Gasteiger charge is 2.31. The number of nitrogens with zero attached hydrogens (tertiary/aromatic N) is 5. The van der Waals surface area contributed by atoms with Crippen molar-refractivity contribution in [2.45, 2.75) is 25.4 Å². The first-order valence-electron chi connectivity index (χ1n) is 10.4. The molecule has 1 amide bonds. The Bertz CT molecular complexity index is 1340. The summed E-state index contributed by atoms with van der Waals surface area (Å²) in [5.41, 5.74) is 1.55. The van der Waals surface area contributed by atoms with E-state index < -0.39 is 23.7 Å². The van der Waals surface area contributed by atoms with Gasteiger partial charge in [-0.3, -0.25) is 0 Å². The first-order valence-corrected chi connectivity index (χ1v) is 10.4. The number of nitrogens with one attached hydrogen (secondary N) is 1. The van der Waals surface area contributed by atoms with Gasteiger partial charge in [-0.15, -0.1) is 0 Å². The lowest BCUT2D eigenvalue weighted by molar-refractivity contribution is 0.242. The highest BCUT2D eigenvalue weighted by molar-refractivity contribution is 5.87. The van der Waals surface area contributed by atoms with E-state index in [0.717, 1.165) is 18.6 Å². The number of imidazole rings is 1. The largest absolute Gasteiger partial charge is 0.334 e. The Morgan fingerprint density at radius 3 is 2.79 bits per heavy atom. The van der Waals surface area contributed by atoms with Crippen LogP contribution in [0.1, 0.15) is 30.0 Å². The van der Waals surface area contributed by atoms with Crippen molar-refractivity contribution in [3.63, 3.8) is 0 Å². The van der Waals surface area contributed by atoms with E-state index in [0.29, 0.717) is 30.0 Å². The monoisotopic (exact) mass is 452 g/mol. The van der Waals surface area contributed by atoms with Gasteiger partial charge in [0, 0.05) is 18.7 Å². The number of carbonyl (C=O) groups is 1. The molecule has 1 unspecified atom stereocenters. The van der Waals surface area contributed by atoms with E-state index in [1.165, 1.54) is 35.3 Å². The van der Waals surface area contributed by atoms with Crippen molar-refractivity contribution in [3.8, 4) is 0 Å².